The predicted octanol–water partition coefficient (Wildman–Crippen LogP) is 2.48. The maximum Gasteiger partial charge on any atom is 0.309 e. The molecule has 4 fully saturated rings. The topological polar surface area (TPSA) is 66.4 Å². The van der Waals surface area contributed by atoms with Crippen molar-refractivity contribution in [3.8, 4) is 0 Å². The second-order valence-electron chi connectivity index (χ2n) is 6.44. The summed E-state index contributed by atoms with van der Waals surface area (Å²) in [5.74, 6) is 0.327. The predicted molar refractivity (Wildman–Crippen MR) is 69.5 cm³/mol. The molecule has 4 aliphatic rings. The summed E-state index contributed by atoms with van der Waals surface area (Å²) in [7, 11) is 0. The Bertz CT molecular complexity index is 395. The van der Waals surface area contributed by atoms with Gasteiger partial charge in [-0.3, -0.25) is 9.59 Å². The molecule has 1 amide bonds. The molecule has 0 spiro atoms. The average molecular weight is 269 g/mol. The van der Waals surface area contributed by atoms with E-state index in [-0.39, 0.29) is 10.8 Å². The zero-order chi connectivity index (χ0) is 13.0. The fraction of sp³-hybridized carbons (Fsp3) is 0.846. The van der Waals surface area contributed by atoms with E-state index >= 15 is 0 Å². The van der Waals surface area contributed by atoms with Crippen molar-refractivity contribution in [2.24, 2.45) is 17.3 Å². The molecule has 4 rings (SSSR count). The van der Waals surface area contributed by atoms with Crippen molar-refractivity contribution in [3.05, 3.63) is 0 Å². The summed E-state index contributed by atoms with van der Waals surface area (Å²) in [6.45, 7) is 0. The van der Waals surface area contributed by atoms with Crippen molar-refractivity contribution in [2.75, 3.05) is 6.26 Å². The van der Waals surface area contributed by atoms with Crippen LogP contribution in [-0.2, 0) is 4.79 Å². The van der Waals surface area contributed by atoms with Crippen molar-refractivity contribution in [2.45, 2.75) is 44.1 Å². The smallest absolute Gasteiger partial charge is 0.309 e. The molecule has 4 saturated carbocycles. The molecule has 2 atom stereocenters. The molecule has 4 bridgehead atoms. The van der Waals surface area contributed by atoms with Crippen LogP contribution in [0.3, 0.4) is 0 Å². The first-order chi connectivity index (χ1) is 8.47. The third-order valence-electron chi connectivity index (χ3n) is 5.07. The number of amides is 1. The molecule has 0 aliphatic heterocycles. The van der Waals surface area contributed by atoms with Crippen LogP contribution in [0.2, 0.25) is 0 Å². The van der Waals surface area contributed by atoms with Crippen LogP contribution in [0.15, 0.2) is 0 Å². The highest BCUT2D eigenvalue weighted by Gasteiger charge is 2.61. The Balaban J connectivity index is 1.89. The van der Waals surface area contributed by atoms with Crippen molar-refractivity contribution in [1.82, 2.24) is 5.32 Å². The number of carboxylic acid groups (broad SMARTS) is 1. The van der Waals surface area contributed by atoms with E-state index in [2.05, 4.69) is 5.32 Å². The summed E-state index contributed by atoms with van der Waals surface area (Å²) < 4.78 is 0. The Morgan fingerprint density at radius 2 is 1.83 bits per heavy atom. The number of thioether (sulfide) groups is 1. The monoisotopic (exact) mass is 269 g/mol. The van der Waals surface area contributed by atoms with Gasteiger partial charge in [0.1, 0.15) is 0 Å². The van der Waals surface area contributed by atoms with Crippen LogP contribution >= 0.6 is 11.8 Å². The summed E-state index contributed by atoms with van der Waals surface area (Å²) in [5.41, 5.74) is -0.793. The van der Waals surface area contributed by atoms with Crippen molar-refractivity contribution >= 4 is 23.0 Å². The maximum absolute atomic E-state index is 11.7. The average Bonchev–Trinajstić information content (AvgIpc) is 2.26. The molecule has 5 heteroatoms. The minimum absolute atomic E-state index is 0.0162. The van der Waals surface area contributed by atoms with Gasteiger partial charge in [-0.05, 0) is 56.6 Å². The van der Waals surface area contributed by atoms with E-state index in [1.165, 1.54) is 11.8 Å². The molecule has 0 aromatic rings. The fourth-order valence-electron chi connectivity index (χ4n) is 4.93. The molecule has 0 aromatic heterocycles. The number of nitrogens with one attached hydrogen (secondary N) is 1. The minimum atomic E-state index is -0.653. The van der Waals surface area contributed by atoms with Gasteiger partial charge >= 0.3 is 5.97 Å². The number of rotatable bonds is 2. The van der Waals surface area contributed by atoms with E-state index in [0.29, 0.717) is 18.3 Å². The van der Waals surface area contributed by atoms with Gasteiger partial charge in [0.25, 0.3) is 5.24 Å². The first-order valence-corrected chi connectivity index (χ1v) is 7.79. The van der Waals surface area contributed by atoms with E-state index in [4.69, 9.17) is 0 Å². The minimum Gasteiger partial charge on any atom is -0.481 e. The summed E-state index contributed by atoms with van der Waals surface area (Å²) in [5, 5.41) is 12.7. The third kappa shape index (κ3) is 1.75. The standard InChI is InChI=1S/C13H19NO3S/c1-18-11(17)14-13-5-8-2-9(6-13)4-12(3-8,7-13)10(15)16/h8-9H,2-7H2,1H3,(H,14,17)(H,15,16). The lowest BCUT2D eigenvalue weighted by atomic mass is 9.47. The van der Waals surface area contributed by atoms with Crippen LogP contribution in [0.5, 0.6) is 0 Å². The Morgan fingerprint density at radius 3 is 2.33 bits per heavy atom. The SMILES string of the molecule is CSC(=O)NC12CC3CC(C1)CC(C(=O)O)(C3)C2. The van der Waals surface area contributed by atoms with Gasteiger partial charge in [0.05, 0.1) is 5.41 Å². The summed E-state index contributed by atoms with van der Waals surface area (Å²) in [4.78, 5) is 23.3. The molecule has 0 saturated heterocycles. The van der Waals surface area contributed by atoms with E-state index in [1.807, 2.05) is 0 Å². The molecule has 4 nitrogen and oxygen atoms in total. The molecule has 4 aliphatic carbocycles. The highest BCUT2D eigenvalue weighted by atomic mass is 32.2. The number of carboxylic acids is 1. The Morgan fingerprint density at radius 1 is 1.22 bits per heavy atom. The number of hydrogen-bond donors (Lipinski definition) is 2. The number of hydrogen-bond acceptors (Lipinski definition) is 3. The molecule has 0 aromatic carbocycles. The molecule has 0 radical (unpaired) electrons. The van der Waals surface area contributed by atoms with Gasteiger partial charge in [-0.15, -0.1) is 0 Å². The number of carbonyl (C=O) groups is 2. The largest absolute Gasteiger partial charge is 0.481 e. The van der Waals surface area contributed by atoms with E-state index in [0.717, 1.165) is 32.1 Å². The molecule has 0 heterocycles. The second kappa shape index (κ2) is 3.89. The zero-order valence-corrected chi connectivity index (χ0v) is 11.4. The van der Waals surface area contributed by atoms with Crippen LogP contribution in [0, 0.1) is 17.3 Å². The normalized spacial score (nSPS) is 44.9. The molecular weight excluding hydrogens is 250 g/mol. The Hall–Kier alpha value is -0.710. The first-order valence-electron chi connectivity index (χ1n) is 6.57. The Labute approximate surface area is 111 Å². The van der Waals surface area contributed by atoms with Crippen LogP contribution in [-0.4, -0.2) is 28.1 Å². The third-order valence-corrected chi connectivity index (χ3v) is 5.54. The van der Waals surface area contributed by atoms with Gasteiger partial charge in [-0.1, -0.05) is 11.8 Å². The number of aliphatic carboxylic acids is 1. The Kier molecular flexibility index (Phi) is 2.66. The molecule has 2 N–H and O–H groups in total. The van der Waals surface area contributed by atoms with Crippen molar-refractivity contribution in [1.29, 1.82) is 0 Å². The first kappa shape index (κ1) is 12.3. The van der Waals surface area contributed by atoms with Gasteiger partial charge < -0.3 is 10.4 Å². The zero-order valence-electron chi connectivity index (χ0n) is 10.6. The second-order valence-corrected chi connectivity index (χ2v) is 7.22. The van der Waals surface area contributed by atoms with Crippen LogP contribution in [0.25, 0.3) is 0 Å². The lowest BCUT2D eigenvalue weighted by molar-refractivity contribution is -0.167. The van der Waals surface area contributed by atoms with Gasteiger partial charge in [-0.25, -0.2) is 0 Å². The quantitative estimate of drug-likeness (QED) is 0.808. The van der Waals surface area contributed by atoms with Crippen molar-refractivity contribution < 1.29 is 14.7 Å². The molecule has 2 unspecified atom stereocenters. The maximum atomic E-state index is 11.7. The number of carbonyl (C=O) groups excluding carboxylic acids is 1. The van der Waals surface area contributed by atoms with E-state index < -0.39 is 11.4 Å². The highest BCUT2D eigenvalue weighted by molar-refractivity contribution is 8.12. The van der Waals surface area contributed by atoms with Gasteiger partial charge in [0, 0.05) is 5.54 Å². The van der Waals surface area contributed by atoms with Crippen LogP contribution in [0.4, 0.5) is 4.79 Å². The molecule has 18 heavy (non-hydrogen) atoms. The molecular formula is C13H19NO3S. The van der Waals surface area contributed by atoms with Crippen molar-refractivity contribution in [3.63, 3.8) is 0 Å². The highest BCUT2D eigenvalue weighted by Crippen LogP contribution is 2.61. The lowest BCUT2D eigenvalue weighted by Crippen LogP contribution is -2.64. The lowest BCUT2D eigenvalue weighted by Gasteiger charge is -2.60. The van der Waals surface area contributed by atoms with Crippen LogP contribution in [0.1, 0.15) is 38.5 Å². The summed E-state index contributed by atoms with van der Waals surface area (Å²) in [6.07, 6.45) is 7.14. The van der Waals surface area contributed by atoms with E-state index in [1.54, 1.807) is 6.26 Å². The summed E-state index contributed by atoms with van der Waals surface area (Å²) >= 11 is 1.18. The fourth-order valence-corrected chi connectivity index (χ4v) is 5.25. The van der Waals surface area contributed by atoms with E-state index in [9.17, 15) is 14.7 Å². The van der Waals surface area contributed by atoms with Gasteiger partial charge in [0.15, 0.2) is 0 Å². The molecule has 100 valence electrons. The van der Waals surface area contributed by atoms with Gasteiger partial charge in [0.2, 0.25) is 0 Å². The van der Waals surface area contributed by atoms with Gasteiger partial charge in [-0.2, -0.15) is 0 Å². The van der Waals surface area contributed by atoms with Crippen LogP contribution < -0.4 is 5.32 Å². The summed E-state index contributed by atoms with van der Waals surface area (Å²) in [6, 6.07) is 0.